The second kappa shape index (κ2) is 8.46. The molecule has 2 fully saturated rings. The minimum absolute atomic E-state index is 0.0225. The highest BCUT2D eigenvalue weighted by Crippen LogP contribution is 2.41. The third kappa shape index (κ3) is 4.53. The quantitative estimate of drug-likeness (QED) is 0.820. The van der Waals surface area contributed by atoms with Crippen LogP contribution in [0.25, 0.3) is 0 Å². The first-order valence-electron chi connectivity index (χ1n) is 10.2. The summed E-state index contributed by atoms with van der Waals surface area (Å²) < 4.78 is 0. The number of nitrogens with one attached hydrogen (secondary N) is 2. The highest BCUT2D eigenvalue weighted by Gasteiger charge is 2.35. The van der Waals surface area contributed by atoms with Gasteiger partial charge in [-0.05, 0) is 49.3 Å². The summed E-state index contributed by atoms with van der Waals surface area (Å²) in [6.45, 7) is 1.21. The van der Waals surface area contributed by atoms with Crippen molar-refractivity contribution in [2.24, 2.45) is 11.8 Å². The predicted octanol–water partition coefficient (Wildman–Crippen LogP) is 4.20. The molecule has 0 spiro atoms. The summed E-state index contributed by atoms with van der Waals surface area (Å²) in [5, 5.41) is 6.21. The summed E-state index contributed by atoms with van der Waals surface area (Å²) in [4.78, 5) is 27.1. The third-order valence-electron chi connectivity index (χ3n) is 5.73. The Morgan fingerprint density at radius 3 is 2.07 bits per heavy atom. The van der Waals surface area contributed by atoms with Crippen LogP contribution in [0.4, 0.5) is 10.5 Å². The molecule has 1 aliphatic carbocycles. The molecule has 1 unspecified atom stereocenters. The van der Waals surface area contributed by atoms with E-state index in [1.165, 1.54) is 18.4 Å². The van der Waals surface area contributed by atoms with Gasteiger partial charge in [0.15, 0.2) is 0 Å². The molecule has 1 atom stereocenters. The van der Waals surface area contributed by atoms with E-state index in [1.807, 2.05) is 48.5 Å². The number of para-hydroxylation sites is 1. The number of rotatable bonds is 5. The van der Waals surface area contributed by atoms with E-state index in [0.29, 0.717) is 31.8 Å². The molecule has 3 amide bonds. The molecular weight excluding hydrogens is 350 g/mol. The van der Waals surface area contributed by atoms with E-state index in [9.17, 15) is 9.59 Å². The largest absolute Gasteiger partial charge is 0.349 e. The number of anilines is 1. The Bertz CT molecular complexity index is 797. The van der Waals surface area contributed by atoms with Crippen molar-refractivity contribution in [3.63, 3.8) is 0 Å². The van der Waals surface area contributed by atoms with E-state index in [-0.39, 0.29) is 23.9 Å². The smallest absolute Gasteiger partial charge is 0.321 e. The second-order valence-electron chi connectivity index (χ2n) is 7.79. The lowest BCUT2D eigenvalue weighted by Gasteiger charge is -2.32. The molecule has 2 aromatic rings. The molecule has 2 aromatic carbocycles. The van der Waals surface area contributed by atoms with Crippen molar-refractivity contribution in [3.05, 3.63) is 66.2 Å². The number of nitrogens with zero attached hydrogens (tertiary/aromatic N) is 1. The van der Waals surface area contributed by atoms with Crippen molar-refractivity contribution in [2.75, 3.05) is 18.4 Å². The first-order chi connectivity index (χ1) is 13.7. The number of piperidine rings is 1. The average Bonchev–Trinajstić information content (AvgIpc) is 3.58. The lowest BCUT2D eigenvalue weighted by molar-refractivity contribution is -0.127. The molecule has 0 bridgehead atoms. The second-order valence-corrected chi connectivity index (χ2v) is 7.79. The van der Waals surface area contributed by atoms with Crippen LogP contribution in [0.1, 0.15) is 37.3 Å². The van der Waals surface area contributed by atoms with Crippen LogP contribution in [-0.4, -0.2) is 29.9 Å². The molecule has 0 aromatic heterocycles. The number of benzene rings is 2. The maximum absolute atomic E-state index is 12.9. The first-order valence-corrected chi connectivity index (χ1v) is 10.2. The van der Waals surface area contributed by atoms with E-state index < -0.39 is 0 Å². The highest BCUT2D eigenvalue weighted by atomic mass is 16.2. The Kier molecular flexibility index (Phi) is 5.60. The fraction of sp³-hybridized carbons (Fsp3) is 0.391. The van der Waals surface area contributed by atoms with Gasteiger partial charge in [0.1, 0.15) is 0 Å². The number of hydrogen-bond acceptors (Lipinski definition) is 2. The van der Waals surface area contributed by atoms with E-state index in [2.05, 4.69) is 22.8 Å². The van der Waals surface area contributed by atoms with Crippen LogP contribution in [0.3, 0.4) is 0 Å². The van der Waals surface area contributed by atoms with Crippen LogP contribution in [0.2, 0.25) is 0 Å². The Balaban J connectivity index is 1.29. The zero-order valence-electron chi connectivity index (χ0n) is 16.0. The summed E-state index contributed by atoms with van der Waals surface area (Å²) in [6, 6.07) is 19.7. The number of likely N-dealkylation sites (tertiary alicyclic amines) is 1. The summed E-state index contributed by atoms with van der Waals surface area (Å²) in [5.74, 6) is 0.665. The molecule has 146 valence electrons. The van der Waals surface area contributed by atoms with Gasteiger partial charge in [0.05, 0.1) is 6.04 Å². The molecular formula is C23H27N3O2. The molecule has 5 nitrogen and oxygen atoms in total. The molecule has 1 aliphatic heterocycles. The van der Waals surface area contributed by atoms with Gasteiger partial charge in [-0.25, -0.2) is 4.79 Å². The molecule has 0 radical (unpaired) electrons. The van der Waals surface area contributed by atoms with Crippen molar-refractivity contribution in [1.29, 1.82) is 0 Å². The normalized spacial score (nSPS) is 18.4. The third-order valence-corrected chi connectivity index (χ3v) is 5.73. The summed E-state index contributed by atoms with van der Waals surface area (Å²) in [7, 11) is 0. The summed E-state index contributed by atoms with van der Waals surface area (Å²) >= 11 is 0. The monoisotopic (exact) mass is 377 g/mol. The van der Waals surface area contributed by atoms with Gasteiger partial charge in [0.25, 0.3) is 0 Å². The zero-order valence-corrected chi connectivity index (χ0v) is 16.0. The Morgan fingerprint density at radius 2 is 1.46 bits per heavy atom. The number of amides is 3. The zero-order chi connectivity index (χ0) is 19.3. The number of urea groups is 1. The predicted molar refractivity (Wildman–Crippen MR) is 110 cm³/mol. The van der Waals surface area contributed by atoms with Crippen LogP contribution < -0.4 is 10.6 Å². The molecule has 2 aliphatic rings. The number of carbonyl (C=O) groups excluding carboxylic acids is 2. The topological polar surface area (TPSA) is 61.4 Å². The molecule has 28 heavy (non-hydrogen) atoms. The Labute approximate surface area is 166 Å². The molecule has 4 rings (SSSR count). The van der Waals surface area contributed by atoms with Crippen LogP contribution in [0.5, 0.6) is 0 Å². The van der Waals surface area contributed by atoms with Crippen molar-refractivity contribution in [2.45, 2.75) is 31.7 Å². The minimum atomic E-state index is -0.0924. The van der Waals surface area contributed by atoms with Gasteiger partial charge in [-0.15, -0.1) is 0 Å². The summed E-state index contributed by atoms with van der Waals surface area (Å²) in [6.07, 6.45) is 3.77. The lowest BCUT2D eigenvalue weighted by atomic mass is 9.94. The molecule has 1 heterocycles. The SMILES string of the molecule is O=C(NC(c1ccccc1)C1CC1)C1CCN(C(=O)Nc2ccccc2)CC1. The van der Waals surface area contributed by atoms with Gasteiger partial charge in [-0.3, -0.25) is 4.79 Å². The molecule has 1 saturated heterocycles. The lowest BCUT2D eigenvalue weighted by Crippen LogP contribution is -2.45. The van der Waals surface area contributed by atoms with Gasteiger partial charge in [0, 0.05) is 24.7 Å². The van der Waals surface area contributed by atoms with Crippen molar-refractivity contribution in [3.8, 4) is 0 Å². The van der Waals surface area contributed by atoms with Crippen molar-refractivity contribution in [1.82, 2.24) is 10.2 Å². The Morgan fingerprint density at radius 1 is 0.857 bits per heavy atom. The minimum Gasteiger partial charge on any atom is -0.349 e. The van der Waals surface area contributed by atoms with Gasteiger partial charge in [-0.2, -0.15) is 0 Å². The standard InChI is InChI=1S/C23H27N3O2/c27-22(25-21(18-11-12-18)17-7-3-1-4-8-17)19-13-15-26(16-14-19)23(28)24-20-9-5-2-6-10-20/h1-10,18-19,21H,11-16H2,(H,24,28)(H,25,27). The molecule has 1 saturated carbocycles. The van der Waals surface area contributed by atoms with Gasteiger partial charge < -0.3 is 15.5 Å². The average molecular weight is 377 g/mol. The van der Waals surface area contributed by atoms with E-state index in [4.69, 9.17) is 0 Å². The van der Waals surface area contributed by atoms with Gasteiger partial charge in [-0.1, -0.05) is 48.5 Å². The van der Waals surface area contributed by atoms with Crippen LogP contribution in [-0.2, 0) is 4.79 Å². The maximum Gasteiger partial charge on any atom is 0.321 e. The number of carbonyl (C=O) groups is 2. The highest BCUT2D eigenvalue weighted by molar-refractivity contribution is 5.89. The van der Waals surface area contributed by atoms with Crippen LogP contribution >= 0.6 is 0 Å². The fourth-order valence-electron chi connectivity index (χ4n) is 3.90. The van der Waals surface area contributed by atoms with E-state index in [0.717, 1.165) is 5.69 Å². The van der Waals surface area contributed by atoms with Crippen LogP contribution in [0.15, 0.2) is 60.7 Å². The molecule has 5 heteroatoms. The fourth-order valence-corrected chi connectivity index (χ4v) is 3.90. The summed E-state index contributed by atoms with van der Waals surface area (Å²) in [5.41, 5.74) is 1.99. The van der Waals surface area contributed by atoms with Gasteiger partial charge in [0.2, 0.25) is 5.91 Å². The number of hydrogen-bond donors (Lipinski definition) is 2. The first kappa shape index (κ1) is 18.5. The van der Waals surface area contributed by atoms with E-state index >= 15 is 0 Å². The Hall–Kier alpha value is -2.82. The van der Waals surface area contributed by atoms with Gasteiger partial charge >= 0.3 is 6.03 Å². The van der Waals surface area contributed by atoms with Crippen molar-refractivity contribution < 1.29 is 9.59 Å². The molecule has 2 N–H and O–H groups in total. The van der Waals surface area contributed by atoms with Crippen LogP contribution in [0, 0.1) is 11.8 Å². The maximum atomic E-state index is 12.9. The van der Waals surface area contributed by atoms with E-state index in [1.54, 1.807) is 4.90 Å². The van der Waals surface area contributed by atoms with Crippen molar-refractivity contribution >= 4 is 17.6 Å².